The monoisotopic (exact) mass is 284 g/mol. The van der Waals surface area contributed by atoms with Gasteiger partial charge in [0.25, 0.3) is 0 Å². The van der Waals surface area contributed by atoms with Crippen molar-refractivity contribution >= 4 is 5.52 Å². The molecular formula is C17H24N4. The second-order valence-corrected chi connectivity index (χ2v) is 5.77. The summed E-state index contributed by atoms with van der Waals surface area (Å²) in [6.45, 7) is 3.24. The summed E-state index contributed by atoms with van der Waals surface area (Å²) in [5.41, 5.74) is 3.89. The summed E-state index contributed by atoms with van der Waals surface area (Å²) in [5.74, 6) is 0. The van der Waals surface area contributed by atoms with E-state index in [2.05, 4.69) is 28.4 Å². The first kappa shape index (κ1) is 14.3. The van der Waals surface area contributed by atoms with Crippen molar-refractivity contribution in [2.24, 2.45) is 0 Å². The minimum Gasteiger partial charge on any atom is -0.306 e. The van der Waals surface area contributed by atoms with Crippen molar-refractivity contribution < 1.29 is 0 Å². The average molecular weight is 284 g/mol. The van der Waals surface area contributed by atoms with Crippen molar-refractivity contribution in [1.82, 2.24) is 19.9 Å². The number of aromatic nitrogens is 3. The standard InChI is InChI=1S/C17H24N4/c1-2-9-19-17(14-7-5-3-4-6-8-14)15-12-20-21-11-10-18-13-16(15)21/h7,10-13,17,19H,2-6,8-9H2,1H3. The molecule has 0 aromatic carbocycles. The Hall–Kier alpha value is -1.68. The Morgan fingerprint density at radius 1 is 1.29 bits per heavy atom. The zero-order valence-corrected chi connectivity index (χ0v) is 12.8. The molecule has 0 saturated carbocycles. The zero-order valence-electron chi connectivity index (χ0n) is 12.8. The van der Waals surface area contributed by atoms with Crippen molar-refractivity contribution in [3.8, 4) is 0 Å². The number of fused-ring (bicyclic) bond motifs is 1. The van der Waals surface area contributed by atoms with Gasteiger partial charge in [0.2, 0.25) is 0 Å². The van der Waals surface area contributed by atoms with E-state index in [1.165, 1.54) is 43.2 Å². The van der Waals surface area contributed by atoms with Gasteiger partial charge in [-0.3, -0.25) is 4.98 Å². The van der Waals surface area contributed by atoms with Crippen molar-refractivity contribution in [2.45, 2.75) is 51.5 Å². The van der Waals surface area contributed by atoms with Crippen LogP contribution in [0.4, 0.5) is 0 Å². The Kier molecular flexibility index (Phi) is 4.65. The van der Waals surface area contributed by atoms with E-state index < -0.39 is 0 Å². The van der Waals surface area contributed by atoms with Crippen molar-refractivity contribution in [3.05, 3.63) is 42.0 Å². The Morgan fingerprint density at radius 3 is 3.14 bits per heavy atom. The smallest absolute Gasteiger partial charge is 0.0896 e. The summed E-state index contributed by atoms with van der Waals surface area (Å²) >= 11 is 0. The molecule has 1 atom stereocenters. The molecule has 112 valence electrons. The second-order valence-electron chi connectivity index (χ2n) is 5.77. The van der Waals surface area contributed by atoms with E-state index >= 15 is 0 Å². The second kappa shape index (κ2) is 6.85. The first-order chi connectivity index (χ1) is 10.4. The lowest BCUT2D eigenvalue weighted by atomic mass is 9.96. The third kappa shape index (κ3) is 3.16. The van der Waals surface area contributed by atoms with Crippen LogP contribution in [-0.2, 0) is 0 Å². The quantitative estimate of drug-likeness (QED) is 0.852. The molecule has 0 bridgehead atoms. The van der Waals surface area contributed by atoms with Gasteiger partial charge in [-0.15, -0.1) is 0 Å². The molecule has 0 amide bonds. The highest BCUT2D eigenvalue weighted by Gasteiger charge is 2.20. The molecule has 0 fully saturated rings. The minimum atomic E-state index is 0.282. The molecule has 4 heteroatoms. The van der Waals surface area contributed by atoms with Crippen LogP contribution in [0, 0.1) is 0 Å². The van der Waals surface area contributed by atoms with E-state index in [0.717, 1.165) is 18.5 Å². The Balaban J connectivity index is 1.96. The first-order valence-electron chi connectivity index (χ1n) is 8.09. The van der Waals surface area contributed by atoms with Gasteiger partial charge in [-0.25, -0.2) is 4.52 Å². The fraction of sp³-hybridized carbons (Fsp3) is 0.529. The lowest BCUT2D eigenvalue weighted by molar-refractivity contribution is 0.569. The van der Waals surface area contributed by atoms with E-state index in [-0.39, 0.29) is 6.04 Å². The molecule has 0 saturated heterocycles. The summed E-state index contributed by atoms with van der Waals surface area (Å²) in [7, 11) is 0. The van der Waals surface area contributed by atoms with Crippen molar-refractivity contribution in [2.75, 3.05) is 6.54 Å². The highest BCUT2D eigenvalue weighted by molar-refractivity contribution is 5.55. The predicted octanol–water partition coefficient (Wildman–Crippen LogP) is 3.66. The lowest BCUT2D eigenvalue weighted by Crippen LogP contribution is -2.24. The van der Waals surface area contributed by atoms with E-state index in [1.807, 2.05) is 23.1 Å². The molecule has 1 N–H and O–H groups in total. The van der Waals surface area contributed by atoms with E-state index in [1.54, 1.807) is 6.20 Å². The fourth-order valence-electron chi connectivity index (χ4n) is 3.11. The van der Waals surface area contributed by atoms with Gasteiger partial charge in [-0.05, 0) is 38.6 Å². The molecule has 2 aromatic rings. The third-order valence-corrected chi connectivity index (χ3v) is 4.21. The molecule has 1 aliphatic rings. The van der Waals surface area contributed by atoms with Crippen LogP contribution in [0.3, 0.4) is 0 Å². The largest absolute Gasteiger partial charge is 0.306 e. The third-order valence-electron chi connectivity index (χ3n) is 4.21. The van der Waals surface area contributed by atoms with Crippen LogP contribution >= 0.6 is 0 Å². The van der Waals surface area contributed by atoms with Gasteiger partial charge >= 0.3 is 0 Å². The predicted molar refractivity (Wildman–Crippen MR) is 85.2 cm³/mol. The SMILES string of the molecule is CCCNC(C1=CCCCCC1)c1cnn2ccncc12. The number of allylic oxidation sites excluding steroid dienone is 1. The highest BCUT2D eigenvalue weighted by atomic mass is 15.2. The number of nitrogens with zero attached hydrogens (tertiary/aromatic N) is 3. The zero-order chi connectivity index (χ0) is 14.5. The molecule has 0 aliphatic heterocycles. The molecule has 1 aliphatic carbocycles. The van der Waals surface area contributed by atoms with Crippen LogP contribution in [0.1, 0.15) is 57.1 Å². The molecular weight excluding hydrogens is 260 g/mol. The molecule has 1 unspecified atom stereocenters. The van der Waals surface area contributed by atoms with E-state index in [4.69, 9.17) is 0 Å². The van der Waals surface area contributed by atoms with Crippen LogP contribution in [-0.4, -0.2) is 21.1 Å². The number of hydrogen-bond donors (Lipinski definition) is 1. The van der Waals surface area contributed by atoms with Gasteiger partial charge in [0, 0.05) is 18.0 Å². The summed E-state index contributed by atoms with van der Waals surface area (Å²) in [4.78, 5) is 4.26. The molecule has 2 aromatic heterocycles. The maximum absolute atomic E-state index is 4.48. The van der Waals surface area contributed by atoms with E-state index in [9.17, 15) is 0 Å². The summed E-state index contributed by atoms with van der Waals surface area (Å²) in [6, 6.07) is 0.282. The van der Waals surface area contributed by atoms with Crippen molar-refractivity contribution in [1.29, 1.82) is 0 Å². The normalized spacial score (nSPS) is 17.5. The Bertz CT molecular complexity index is 614. The number of rotatable bonds is 5. The van der Waals surface area contributed by atoms with Gasteiger partial charge in [-0.2, -0.15) is 5.10 Å². The van der Waals surface area contributed by atoms with Gasteiger partial charge in [0.15, 0.2) is 0 Å². The first-order valence-corrected chi connectivity index (χ1v) is 8.09. The van der Waals surface area contributed by atoms with Crippen LogP contribution in [0.2, 0.25) is 0 Å². The molecule has 2 heterocycles. The average Bonchev–Trinajstić information content (AvgIpc) is 2.75. The molecule has 21 heavy (non-hydrogen) atoms. The van der Waals surface area contributed by atoms with Crippen molar-refractivity contribution in [3.63, 3.8) is 0 Å². The van der Waals surface area contributed by atoms with E-state index in [0.29, 0.717) is 0 Å². The maximum atomic E-state index is 4.48. The molecule has 4 nitrogen and oxygen atoms in total. The summed E-state index contributed by atoms with van der Waals surface area (Å²) in [5, 5.41) is 8.19. The molecule has 0 spiro atoms. The van der Waals surface area contributed by atoms with Gasteiger partial charge in [0.05, 0.1) is 24.0 Å². The van der Waals surface area contributed by atoms with Crippen LogP contribution < -0.4 is 5.32 Å². The lowest BCUT2D eigenvalue weighted by Gasteiger charge is -2.21. The molecule has 0 radical (unpaired) electrons. The van der Waals surface area contributed by atoms with Crippen LogP contribution in [0.5, 0.6) is 0 Å². The Morgan fingerprint density at radius 2 is 2.24 bits per heavy atom. The highest BCUT2D eigenvalue weighted by Crippen LogP contribution is 2.31. The van der Waals surface area contributed by atoms with Crippen LogP contribution in [0.15, 0.2) is 36.4 Å². The topological polar surface area (TPSA) is 42.2 Å². The van der Waals surface area contributed by atoms with Gasteiger partial charge in [0.1, 0.15) is 0 Å². The molecule has 3 rings (SSSR count). The van der Waals surface area contributed by atoms with Crippen LogP contribution in [0.25, 0.3) is 5.52 Å². The summed E-state index contributed by atoms with van der Waals surface area (Å²) < 4.78 is 1.92. The summed E-state index contributed by atoms with van der Waals surface area (Å²) in [6.07, 6.45) is 17.6. The number of hydrogen-bond acceptors (Lipinski definition) is 3. The maximum Gasteiger partial charge on any atom is 0.0896 e. The minimum absolute atomic E-state index is 0.282. The fourth-order valence-corrected chi connectivity index (χ4v) is 3.11. The number of nitrogens with one attached hydrogen (secondary N) is 1. The van der Waals surface area contributed by atoms with Gasteiger partial charge < -0.3 is 5.32 Å². The van der Waals surface area contributed by atoms with Gasteiger partial charge in [-0.1, -0.05) is 25.0 Å². The Labute approximate surface area is 126 Å².